The average Bonchev–Trinajstić information content (AvgIpc) is 2.43. The highest BCUT2D eigenvalue weighted by Crippen LogP contribution is 2.19. The molecular formula is C7H11BO2. The third kappa shape index (κ3) is 1.49. The van der Waals surface area contributed by atoms with E-state index in [0.717, 1.165) is 0 Å². The Balaban J connectivity index is 2.45. The Kier molecular flexibility index (Phi) is 2.72. The Bertz CT molecular complexity index is 138. The van der Waals surface area contributed by atoms with Gasteiger partial charge in [-0.15, -0.1) is 0 Å². The summed E-state index contributed by atoms with van der Waals surface area (Å²) in [4.78, 5) is 0. The number of allylic oxidation sites excluding steroid dienone is 4. The van der Waals surface area contributed by atoms with Crippen LogP contribution >= 0.6 is 0 Å². The second-order valence-corrected chi connectivity index (χ2v) is 2.19. The number of hydrogen-bond donors (Lipinski definition) is 0. The second-order valence-electron chi connectivity index (χ2n) is 2.19. The van der Waals surface area contributed by atoms with Crippen LogP contribution in [0.5, 0.6) is 0 Å². The molecule has 0 bridgehead atoms. The normalized spacial score (nSPS) is 16.6. The van der Waals surface area contributed by atoms with Crippen molar-refractivity contribution >= 4 is 7.12 Å². The van der Waals surface area contributed by atoms with Crippen molar-refractivity contribution in [2.45, 2.75) is 5.82 Å². The zero-order valence-electron chi connectivity index (χ0n) is 6.28. The van der Waals surface area contributed by atoms with Crippen LogP contribution in [0.3, 0.4) is 0 Å². The van der Waals surface area contributed by atoms with Gasteiger partial charge in [0.2, 0.25) is 0 Å². The minimum Gasteiger partial charge on any atom is -0.413 e. The van der Waals surface area contributed by atoms with Crippen LogP contribution in [0.4, 0.5) is 0 Å². The maximum Gasteiger partial charge on any atom is 0.467 e. The van der Waals surface area contributed by atoms with Crippen molar-refractivity contribution in [2.24, 2.45) is 0 Å². The smallest absolute Gasteiger partial charge is 0.413 e. The molecule has 0 amide bonds. The standard InChI is InChI=1S/C7H11BO2/c1-9-8(10-2)7-5-3-4-6-7/h3-7H,1-2H3. The average molecular weight is 138 g/mol. The summed E-state index contributed by atoms with van der Waals surface area (Å²) in [7, 11) is 3.16. The lowest BCUT2D eigenvalue weighted by atomic mass is 9.73. The van der Waals surface area contributed by atoms with E-state index in [9.17, 15) is 0 Å². The summed E-state index contributed by atoms with van der Waals surface area (Å²) in [6, 6.07) is 0. The Morgan fingerprint density at radius 2 is 1.60 bits per heavy atom. The molecule has 0 aromatic heterocycles. The van der Waals surface area contributed by atoms with Crippen molar-refractivity contribution in [2.75, 3.05) is 14.2 Å². The molecular weight excluding hydrogens is 127 g/mol. The third-order valence-corrected chi connectivity index (χ3v) is 1.56. The first-order valence-corrected chi connectivity index (χ1v) is 3.29. The Morgan fingerprint density at radius 3 is 2.00 bits per heavy atom. The molecule has 0 aromatic rings. The van der Waals surface area contributed by atoms with Gasteiger partial charge in [0.1, 0.15) is 0 Å². The topological polar surface area (TPSA) is 18.5 Å². The van der Waals surface area contributed by atoms with E-state index in [2.05, 4.69) is 12.2 Å². The Hall–Kier alpha value is -0.535. The first kappa shape index (κ1) is 7.57. The molecule has 2 nitrogen and oxygen atoms in total. The molecule has 10 heavy (non-hydrogen) atoms. The molecule has 1 rings (SSSR count). The highest BCUT2D eigenvalue weighted by atomic mass is 16.6. The molecule has 0 fully saturated rings. The zero-order chi connectivity index (χ0) is 7.40. The first-order chi connectivity index (χ1) is 4.88. The summed E-state index contributed by atoms with van der Waals surface area (Å²) >= 11 is 0. The molecule has 0 atom stereocenters. The van der Waals surface area contributed by atoms with E-state index in [1.165, 1.54) is 0 Å². The van der Waals surface area contributed by atoms with Gasteiger partial charge in [-0.3, -0.25) is 0 Å². The van der Waals surface area contributed by atoms with Crippen molar-refractivity contribution in [3.63, 3.8) is 0 Å². The summed E-state index contributed by atoms with van der Waals surface area (Å²) in [5, 5.41) is 0. The van der Waals surface area contributed by atoms with Gasteiger partial charge in [0, 0.05) is 20.0 Å². The van der Waals surface area contributed by atoms with E-state index in [1.54, 1.807) is 14.2 Å². The Labute approximate surface area is 61.7 Å². The maximum absolute atomic E-state index is 5.06. The molecule has 0 radical (unpaired) electrons. The lowest BCUT2D eigenvalue weighted by Gasteiger charge is -2.11. The van der Waals surface area contributed by atoms with Crippen molar-refractivity contribution in [3.8, 4) is 0 Å². The molecule has 54 valence electrons. The van der Waals surface area contributed by atoms with Gasteiger partial charge in [-0.2, -0.15) is 0 Å². The fourth-order valence-electron chi connectivity index (χ4n) is 1.04. The molecule has 1 aliphatic carbocycles. The first-order valence-electron chi connectivity index (χ1n) is 3.29. The van der Waals surface area contributed by atoms with Crippen LogP contribution in [0.15, 0.2) is 24.3 Å². The predicted molar refractivity (Wildman–Crippen MR) is 41.8 cm³/mol. The molecule has 3 heteroatoms. The highest BCUT2D eigenvalue weighted by molar-refractivity contribution is 6.47. The van der Waals surface area contributed by atoms with Gasteiger partial charge in [-0.05, 0) is 0 Å². The van der Waals surface area contributed by atoms with E-state index in [4.69, 9.17) is 9.31 Å². The van der Waals surface area contributed by atoms with Crippen LogP contribution in [-0.4, -0.2) is 21.3 Å². The van der Waals surface area contributed by atoms with Gasteiger partial charge in [-0.25, -0.2) is 0 Å². The van der Waals surface area contributed by atoms with Crippen molar-refractivity contribution in [1.82, 2.24) is 0 Å². The van der Waals surface area contributed by atoms with E-state index in [1.807, 2.05) is 12.2 Å². The van der Waals surface area contributed by atoms with Crippen LogP contribution in [-0.2, 0) is 9.31 Å². The molecule has 0 N–H and O–H groups in total. The molecule has 0 aromatic carbocycles. The highest BCUT2D eigenvalue weighted by Gasteiger charge is 2.24. The van der Waals surface area contributed by atoms with E-state index >= 15 is 0 Å². The predicted octanol–water partition coefficient (Wildman–Crippen LogP) is 1.26. The van der Waals surface area contributed by atoms with Crippen LogP contribution in [0.25, 0.3) is 0 Å². The van der Waals surface area contributed by atoms with Crippen LogP contribution < -0.4 is 0 Å². The number of hydrogen-bond acceptors (Lipinski definition) is 2. The minimum atomic E-state index is -0.130. The van der Waals surface area contributed by atoms with Gasteiger partial charge in [0.25, 0.3) is 0 Å². The summed E-state index contributed by atoms with van der Waals surface area (Å²) < 4.78 is 10.1. The van der Waals surface area contributed by atoms with E-state index in [-0.39, 0.29) is 12.9 Å². The molecule has 0 heterocycles. The summed E-state index contributed by atoms with van der Waals surface area (Å²) in [6.45, 7) is 0. The zero-order valence-corrected chi connectivity index (χ0v) is 6.28. The fraction of sp³-hybridized carbons (Fsp3) is 0.429. The van der Waals surface area contributed by atoms with Crippen LogP contribution in [0.2, 0.25) is 5.82 Å². The maximum atomic E-state index is 5.06. The largest absolute Gasteiger partial charge is 0.467 e. The van der Waals surface area contributed by atoms with Crippen LogP contribution in [0.1, 0.15) is 0 Å². The van der Waals surface area contributed by atoms with Crippen molar-refractivity contribution < 1.29 is 9.31 Å². The minimum absolute atomic E-state index is 0.130. The molecule has 1 aliphatic rings. The van der Waals surface area contributed by atoms with Crippen LogP contribution in [0, 0.1) is 0 Å². The van der Waals surface area contributed by atoms with E-state index < -0.39 is 0 Å². The third-order valence-electron chi connectivity index (χ3n) is 1.56. The summed E-state index contributed by atoms with van der Waals surface area (Å²) in [5.74, 6) is 0.287. The van der Waals surface area contributed by atoms with Gasteiger partial charge in [0.05, 0.1) is 0 Å². The summed E-state index contributed by atoms with van der Waals surface area (Å²) in [5.41, 5.74) is 0. The van der Waals surface area contributed by atoms with Gasteiger partial charge >= 0.3 is 7.12 Å². The second kappa shape index (κ2) is 3.59. The van der Waals surface area contributed by atoms with Gasteiger partial charge < -0.3 is 9.31 Å². The van der Waals surface area contributed by atoms with Crippen molar-refractivity contribution in [1.29, 1.82) is 0 Å². The molecule has 0 aliphatic heterocycles. The fourth-order valence-corrected chi connectivity index (χ4v) is 1.04. The summed E-state index contributed by atoms with van der Waals surface area (Å²) in [6.07, 6.45) is 8.10. The SMILES string of the molecule is COB(OC)C1C=CC=C1. The molecule has 0 saturated heterocycles. The van der Waals surface area contributed by atoms with Gasteiger partial charge in [0.15, 0.2) is 0 Å². The van der Waals surface area contributed by atoms with Crippen molar-refractivity contribution in [3.05, 3.63) is 24.3 Å². The lowest BCUT2D eigenvalue weighted by molar-refractivity contribution is 0.275. The number of rotatable bonds is 3. The van der Waals surface area contributed by atoms with E-state index in [0.29, 0.717) is 0 Å². The quantitative estimate of drug-likeness (QED) is 0.546. The Morgan fingerprint density at radius 1 is 1.10 bits per heavy atom. The molecule has 0 unspecified atom stereocenters. The molecule has 0 saturated carbocycles. The molecule has 0 spiro atoms. The lowest BCUT2D eigenvalue weighted by Crippen LogP contribution is -2.23. The van der Waals surface area contributed by atoms with Gasteiger partial charge in [-0.1, -0.05) is 24.3 Å². The monoisotopic (exact) mass is 138 g/mol.